The molecule has 0 radical (unpaired) electrons. The molecule has 2 N–H and O–H groups in total. The van der Waals surface area contributed by atoms with E-state index in [1.807, 2.05) is 53.5 Å². The van der Waals surface area contributed by atoms with Crippen molar-refractivity contribution in [3.8, 4) is 5.69 Å². The number of nitrogens with one attached hydrogen (secondary N) is 2. The van der Waals surface area contributed by atoms with Gasteiger partial charge in [-0.2, -0.15) is 5.10 Å². The van der Waals surface area contributed by atoms with Gasteiger partial charge in [0.25, 0.3) is 0 Å². The van der Waals surface area contributed by atoms with E-state index in [-0.39, 0.29) is 24.0 Å². The van der Waals surface area contributed by atoms with Crippen LogP contribution in [-0.4, -0.2) is 29.3 Å². The zero-order valence-electron chi connectivity index (χ0n) is 15.5. The van der Waals surface area contributed by atoms with Crippen molar-refractivity contribution < 1.29 is 0 Å². The number of nitrogens with zero attached hydrogens (tertiary/aromatic N) is 3. The van der Waals surface area contributed by atoms with E-state index in [0.29, 0.717) is 6.54 Å². The summed E-state index contributed by atoms with van der Waals surface area (Å²) < 4.78 is 1.88. The van der Waals surface area contributed by atoms with E-state index in [4.69, 9.17) is 0 Å². The molecule has 5 nitrogen and oxygen atoms in total. The van der Waals surface area contributed by atoms with Gasteiger partial charge in [-0.25, -0.2) is 4.68 Å². The molecule has 1 heterocycles. The Morgan fingerprint density at radius 2 is 1.67 bits per heavy atom. The molecule has 0 saturated carbocycles. The number of halogens is 1. The minimum absolute atomic E-state index is 0. The Kier molecular flexibility index (Phi) is 8.83. The van der Waals surface area contributed by atoms with Gasteiger partial charge in [0.2, 0.25) is 0 Å². The molecule has 27 heavy (non-hydrogen) atoms. The summed E-state index contributed by atoms with van der Waals surface area (Å²) in [5.41, 5.74) is 3.54. The lowest BCUT2D eigenvalue weighted by Gasteiger charge is -2.11. The smallest absolute Gasteiger partial charge is 0.191 e. The molecule has 142 valence electrons. The van der Waals surface area contributed by atoms with Gasteiger partial charge in [-0.1, -0.05) is 48.5 Å². The standard InChI is InChI=1S/C21H25N5.HI/c1-22-21(23-14-8-11-18-9-4-2-5-10-18)24-15-19-16-25-26(17-19)20-12-6-3-7-13-20;/h2-7,9-10,12-13,16-17H,8,11,14-15H2,1H3,(H2,22,23,24);1H. The molecule has 0 spiro atoms. The van der Waals surface area contributed by atoms with Crippen LogP contribution < -0.4 is 10.6 Å². The van der Waals surface area contributed by atoms with Crippen molar-refractivity contribution in [1.82, 2.24) is 20.4 Å². The number of para-hydroxylation sites is 1. The van der Waals surface area contributed by atoms with Crippen LogP contribution in [0.3, 0.4) is 0 Å². The number of rotatable bonds is 7. The van der Waals surface area contributed by atoms with Gasteiger partial charge in [-0.3, -0.25) is 4.99 Å². The Balaban J connectivity index is 0.00000261. The summed E-state index contributed by atoms with van der Waals surface area (Å²) in [6.07, 6.45) is 6.04. The van der Waals surface area contributed by atoms with Gasteiger partial charge in [-0.15, -0.1) is 24.0 Å². The molecule has 0 atom stereocenters. The maximum absolute atomic E-state index is 4.42. The van der Waals surface area contributed by atoms with E-state index in [0.717, 1.165) is 36.6 Å². The fourth-order valence-electron chi connectivity index (χ4n) is 2.72. The Morgan fingerprint density at radius 1 is 0.963 bits per heavy atom. The Labute approximate surface area is 177 Å². The van der Waals surface area contributed by atoms with Crippen molar-refractivity contribution in [2.45, 2.75) is 19.4 Å². The highest BCUT2D eigenvalue weighted by molar-refractivity contribution is 14.0. The largest absolute Gasteiger partial charge is 0.356 e. The van der Waals surface area contributed by atoms with Crippen molar-refractivity contribution in [1.29, 1.82) is 0 Å². The molecular formula is C21H26IN5. The number of guanidine groups is 1. The highest BCUT2D eigenvalue weighted by Crippen LogP contribution is 2.07. The first-order chi connectivity index (χ1) is 12.8. The molecule has 3 rings (SSSR count). The van der Waals surface area contributed by atoms with Crippen LogP contribution in [0.1, 0.15) is 17.5 Å². The molecule has 0 amide bonds. The maximum Gasteiger partial charge on any atom is 0.191 e. The third-order valence-corrected chi connectivity index (χ3v) is 4.12. The Morgan fingerprint density at radius 3 is 2.37 bits per heavy atom. The third kappa shape index (κ3) is 6.71. The molecule has 3 aromatic rings. The lowest BCUT2D eigenvalue weighted by Crippen LogP contribution is -2.37. The number of benzene rings is 2. The Hall–Kier alpha value is -2.35. The molecule has 0 bridgehead atoms. The van der Waals surface area contributed by atoms with E-state index >= 15 is 0 Å². The second-order valence-corrected chi connectivity index (χ2v) is 6.07. The van der Waals surface area contributed by atoms with Crippen LogP contribution in [-0.2, 0) is 13.0 Å². The van der Waals surface area contributed by atoms with E-state index in [9.17, 15) is 0 Å². The number of aryl methyl sites for hydroxylation is 1. The van der Waals surface area contributed by atoms with E-state index in [1.54, 1.807) is 7.05 Å². The monoisotopic (exact) mass is 475 g/mol. The molecule has 1 aromatic heterocycles. The van der Waals surface area contributed by atoms with Crippen molar-refractivity contribution in [2.24, 2.45) is 4.99 Å². The van der Waals surface area contributed by atoms with Crippen molar-refractivity contribution in [2.75, 3.05) is 13.6 Å². The summed E-state index contributed by atoms with van der Waals surface area (Å²) in [5.74, 6) is 0.811. The van der Waals surface area contributed by atoms with E-state index in [2.05, 4.69) is 45.0 Å². The minimum atomic E-state index is 0. The summed E-state index contributed by atoms with van der Waals surface area (Å²) >= 11 is 0. The first kappa shape index (κ1) is 21.0. The highest BCUT2D eigenvalue weighted by atomic mass is 127. The molecule has 0 aliphatic heterocycles. The van der Waals surface area contributed by atoms with Crippen molar-refractivity contribution in [3.63, 3.8) is 0 Å². The number of hydrogen-bond acceptors (Lipinski definition) is 2. The van der Waals surface area contributed by atoms with Crippen molar-refractivity contribution in [3.05, 3.63) is 84.2 Å². The average molecular weight is 475 g/mol. The Bertz CT molecular complexity index is 815. The van der Waals surface area contributed by atoms with Crippen LogP contribution in [0.2, 0.25) is 0 Å². The van der Waals surface area contributed by atoms with Gasteiger partial charge >= 0.3 is 0 Å². The predicted molar refractivity (Wildman–Crippen MR) is 122 cm³/mol. The molecule has 6 heteroatoms. The number of hydrogen-bond donors (Lipinski definition) is 2. The van der Waals surface area contributed by atoms with Crippen LogP contribution in [0.25, 0.3) is 5.69 Å². The molecule has 0 saturated heterocycles. The molecular weight excluding hydrogens is 449 g/mol. The van der Waals surface area contributed by atoms with Crippen LogP contribution >= 0.6 is 24.0 Å². The number of aliphatic imine (C=N–C) groups is 1. The fraction of sp³-hybridized carbons (Fsp3) is 0.238. The zero-order chi connectivity index (χ0) is 18.0. The third-order valence-electron chi connectivity index (χ3n) is 4.12. The summed E-state index contributed by atoms with van der Waals surface area (Å²) in [6, 6.07) is 20.6. The summed E-state index contributed by atoms with van der Waals surface area (Å²) in [6.45, 7) is 1.57. The molecule has 0 unspecified atom stereocenters. The summed E-state index contributed by atoms with van der Waals surface area (Å²) in [4.78, 5) is 4.28. The summed E-state index contributed by atoms with van der Waals surface area (Å²) in [5, 5.41) is 11.1. The lowest BCUT2D eigenvalue weighted by molar-refractivity contribution is 0.742. The van der Waals surface area contributed by atoms with Crippen LogP contribution in [0, 0.1) is 0 Å². The minimum Gasteiger partial charge on any atom is -0.356 e. The van der Waals surface area contributed by atoms with Gasteiger partial charge in [0, 0.05) is 31.9 Å². The van der Waals surface area contributed by atoms with E-state index < -0.39 is 0 Å². The quantitative estimate of drug-likeness (QED) is 0.237. The summed E-state index contributed by atoms with van der Waals surface area (Å²) in [7, 11) is 1.79. The number of aromatic nitrogens is 2. The van der Waals surface area contributed by atoms with Crippen LogP contribution in [0.15, 0.2) is 78.0 Å². The normalized spacial score (nSPS) is 10.9. The van der Waals surface area contributed by atoms with E-state index in [1.165, 1.54) is 5.56 Å². The molecule has 0 aliphatic rings. The van der Waals surface area contributed by atoms with Crippen LogP contribution in [0.5, 0.6) is 0 Å². The fourth-order valence-corrected chi connectivity index (χ4v) is 2.72. The lowest BCUT2D eigenvalue weighted by atomic mass is 10.1. The van der Waals surface area contributed by atoms with Gasteiger partial charge in [-0.05, 0) is 30.5 Å². The highest BCUT2D eigenvalue weighted by Gasteiger charge is 2.02. The molecule has 2 aromatic carbocycles. The van der Waals surface area contributed by atoms with Gasteiger partial charge in [0.15, 0.2) is 5.96 Å². The van der Waals surface area contributed by atoms with Gasteiger partial charge in [0.05, 0.1) is 11.9 Å². The second kappa shape index (κ2) is 11.4. The van der Waals surface area contributed by atoms with Gasteiger partial charge < -0.3 is 10.6 Å². The van der Waals surface area contributed by atoms with Crippen LogP contribution in [0.4, 0.5) is 0 Å². The average Bonchev–Trinajstić information content (AvgIpc) is 3.18. The first-order valence-electron chi connectivity index (χ1n) is 8.92. The SMILES string of the molecule is CN=C(NCCCc1ccccc1)NCc1cnn(-c2ccccc2)c1.I. The zero-order valence-corrected chi connectivity index (χ0v) is 17.8. The maximum atomic E-state index is 4.42. The van der Waals surface area contributed by atoms with Gasteiger partial charge in [0.1, 0.15) is 0 Å². The van der Waals surface area contributed by atoms with Crippen molar-refractivity contribution >= 4 is 29.9 Å². The molecule has 0 fully saturated rings. The molecule has 0 aliphatic carbocycles. The first-order valence-corrected chi connectivity index (χ1v) is 8.92. The topological polar surface area (TPSA) is 54.2 Å². The second-order valence-electron chi connectivity index (χ2n) is 6.07. The predicted octanol–water partition coefficient (Wildman–Crippen LogP) is 3.79.